The van der Waals surface area contributed by atoms with Gasteiger partial charge in [0.1, 0.15) is 17.3 Å². The van der Waals surface area contributed by atoms with Crippen molar-refractivity contribution in [3.8, 4) is 11.5 Å². The molecule has 1 fully saturated rings. The highest BCUT2D eigenvalue weighted by Gasteiger charge is 2.47. The third-order valence-corrected chi connectivity index (χ3v) is 6.43. The van der Waals surface area contributed by atoms with Gasteiger partial charge in [-0.15, -0.1) is 0 Å². The third-order valence-electron chi connectivity index (χ3n) is 6.15. The molecule has 0 aromatic heterocycles. The number of hydrogen-bond acceptors (Lipinski definition) is 5. The van der Waals surface area contributed by atoms with Crippen LogP contribution in [-0.4, -0.2) is 31.0 Å². The molecule has 3 aromatic rings. The van der Waals surface area contributed by atoms with E-state index in [4.69, 9.17) is 21.1 Å². The molecule has 0 spiro atoms. The number of amides is 1. The van der Waals surface area contributed by atoms with E-state index < -0.39 is 17.7 Å². The first kappa shape index (κ1) is 24.4. The molecule has 1 heterocycles. The molecule has 3 aromatic carbocycles. The van der Waals surface area contributed by atoms with Gasteiger partial charge in [-0.1, -0.05) is 42.8 Å². The summed E-state index contributed by atoms with van der Waals surface area (Å²) in [5.74, 6) is -1.01. The summed E-state index contributed by atoms with van der Waals surface area (Å²) in [6.45, 7) is 3.86. The van der Waals surface area contributed by atoms with E-state index in [1.54, 1.807) is 43.5 Å². The normalized spacial score (nSPS) is 17.1. The van der Waals surface area contributed by atoms with Gasteiger partial charge >= 0.3 is 0 Å². The number of carbonyl (C=O) groups is 2. The number of carbonyl (C=O) groups excluding carboxylic acids is 2. The van der Waals surface area contributed by atoms with E-state index in [1.165, 1.54) is 12.0 Å². The number of ketones is 1. The van der Waals surface area contributed by atoms with Gasteiger partial charge < -0.3 is 14.6 Å². The maximum atomic E-state index is 13.4. The molecular weight excluding hydrogens is 466 g/mol. The molecule has 0 radical (unpaired) electrons. The van der Waals surface area contributed by atoms with Crippen LogP contribution in [0.3, 0.4) is 0 Å². The number of aryl methyl sites for hydroxylation is 2. The zero-order valence-corrected chi connectivity index (χ0v) is 20.7. The van der Waals surface area contributed by atoms with Crippen LogP contribution in [0.4, 0.5) is 5.69 Å². The van der Waals surface area contributed by atoms with Gasteiger partial charge in [-0.05, 0) is 66.4 Å². The Bertz CT molecular complexity index is 1310. The number of aliphatic hydroxyl groups excluding tert-OH is 1. The molecule has 0 bridgehead atoms. The van der Waals surface area contributed by atoms with E-state index in [2.05, 4.69) is 0 Å². The smallest absolute Gasteiger partial charge is 0.300 e. The average Bonchev–Trinajstić information content (AvgIpc) is 3.13. The summed E-state index contributed by atoms with van der Waals surface area (Å²) in [7, 11) is 2.99. The first-order valence-electron chi connectivity index (χ1n) is 11.2. The van der Waals surface area contributed by atoms with Crippen LogP contribution in [0, 0.1) is 6.92 Å². The Kier molecular flexibility index (Phi) is 6.85. The molecule has 4 rings (SSSR count). The number of halogens is 1. The number of benzene rings is 3. The number of aliphatic hydroxyl groups is 1. The first-order chi connectivity index (χ1) is 16.8. The summed E-state index contributed by atoms with van der Waals surface area (Å²) in [6.07, 6.45) is 0.842. The SMILES string of the molecule is CCc1ccc(N2C(=O)C(=O)/C(=C(/O)c3cc(C)cc(Cl)c3OC)C2c2ccc(OC)cc2)cc1. The van der Waals surface area contributed by atoms with Crippen LogP contribution in [0.1, 0.15) is 35.2 Å². The van der Waals surface area contributed by atoms with Crippen molar-refractivity contribution in [3.63, 3.8) is 0 Å². The van der Waals surface area contributed by atoms with Crippen molar-refractivity contribution in [3.05, 3.63) is 93.5 Å². The highest BCUT2D eigenvalue weighted by Crippen LogP contribution is 2.44. The lowest BCUT2D eigenvalue weighted by Gasteiger charge is -2.26. The molecule has 1 aliphatic heterocycles. The van der Waals surface area contributed by atoms with E-state index in [-0.39, 0.29) is 22.6 Å². The van der Waals surface area contributed by atoms with Crippen molar-refractivity contribution < 1.29 is 24.2 Å². The quantitative estimate of drug-likeness (QED) is 0.266. The Balaban J connectivity index is 1.97. The maximum Gasteiger partial charge on any atom is 0.300 e. The summed E-state index contributed by atoms with van der Waals surface area (Å²) in [5, 5.41) is 11.8. The van der Waals surface area contributed by atoms with Crippen LogP contribution in [0.5, 0.6) is 11.5 Å². The predicted octanol–water partition coefficient (Wildman–Crippen LogP) is 5.85. The Labute approximate surface area is 209 Å². The fraction of sp³-hybridized carbons (Fsp3) is 0.214. The number of nitrogens with zero attached hydrogens (tertiary/aromatic N) is 1. The zero-order chi connectivity index (χ0) is 25.3. The highest BCUT2D eigenvalue weighted by atomic mass is 35.5. The second kappa shape index (κ2) is 9.84. The van der Waals surface area contributed by atoms with Crippen LogP contribution in [-0.2, 0) is 16.0 Å². The van der Waals surface area contributed by atoms with E-state index >= 15 is 0 Å². The molecule has 1 unspecified atom stereocenters. The molecule has 1 aliphatic rings. The predicted molar refractivity (Wildman–Crippen MR) is 136 cm³/mol. The van der Waals surface area contributed by atoms with Gasteiger partial charge in [0, 0.05) is 5.69 Å². The molecule has 1 atom stereocenters. The van der Waals surface area contributed by atoms with Crippen LogP contribution in [0.25, 0.3) is 5.76 Å². The first-order valence-corrected chi connectivity index (χ1v) is 11.6. The molecule has 0 aliphatic carbocycles. The molecule has 180 valence electrons. The second-order valence-electron chi connectivity index (χ2n) is 8.29. The Morgan fingerprint density at radius 1 is 1.00 bits per heavy atom. The summed E-state index contributed by atoms with van der Waals surface area (Å²) < 4.78 is 10.7. The van der Waals surface area contributed by atoms with E-state index in [9.17, 15) is 14.7 Å². The maximum absolute atomic E-state index is 13.4. The van der Waals surface area contributed by atoms with Crippen molar-refractivity contribution in [2.45, 2.75) is 26.3 Å². The minimum Gasteiger partial charge on any atom is -0.507 e. The van der Waals surface area contributed by atoms with E-state index in [0.29, 0.717) is 22.0 Å². The van der Waals surface area contributed by atoms with Gasteiger partial charge in [0.2, 0.25) is 0 Å². The standard InChI is InChI=1S/C28H26ClNO5/c1-5-17-6-10-19(11-7-17)30-24(18-8-12-20(34-3)13-9-18)23(26(32)28(30)33)25(31)21-14-16(2)15-22(29)27(21)35-4/h6-15,24,31H,5H2,1-4H3/b25-23+. The summed E-state index contributed by atoms with van der Waals surface area (Å²) >= 11 is 6.36. The Morgan fingerprint density at radius 3 is 2.23 bits per heavy atom. The van der Waals surface area contributed by atoms with Gasteiger partial charge in [0.05, 0.1) is 36.4 Å². The summed E-state index contributed by atoms with van der Waals surface area (Å²) in [5.41, 5.74) is 3.27. The number of anilines is 1. The van der Waals surface area contributed by atoms with Crippen LogP contribution < -0.4 is 14.4 Å². The second-order valence-corrected chi connectivity index (χ2v) is 8.70. The van der Waals surface area contributed by atoms with Gasteiger partial charge in [-0.25, -0.2) is 0 Å². The minimum atomic E-state index is -0.864. The van der Waals surface area contributed by atoms with Gasteiger partial charge in [-0.3, -0.25) is 14.5 Å². The van der Waals surface area contributed by atoms with Crippen molar-refractivity contribution in [2.75, 3.05) is 19.1 Å². The zero-order valence-electron chi connectivity index (χ0n) is 20.0. The topological polar surface area (TPSA) is 76.1 Å². The monoisotopic (exact) mass is 491 g/mol. The number of rotatable bonds is 6. The number of ether oxygens (including phenoxy) is 2. The molecule has 0 saturated carbocycles. The fourth-order valence-corrected chi connectivity index (χ4v) is 4.70. The number of hydrogen-bond donors (Lipinski definition) is 1. The van der Waals surface area contributed by atoms with E-state index in [1.807, 2.05) is 38.1 Å². The van der Waals surface area contributed by atoms with Gasteiger partial charge in [0.25, 0.3) is 11.7 Å². The molecular formula is C28H26ClNO5. The minimum absolute atomic E-state index is 0.0419. The van der Waals surface area contributed by atoms with Crippen molar-refractivity contribution in [1.29, 1.82) is 0 Å². The molecule has 6 nitrogen and oxygen atoms in total. The fourth-order valence-electron chi connectivity index (χ4n) is 4.35. The average molecular weight is 492 g/mol. The van der Waals surface area contributed by atoms with E-state index in [0.717, 1.165) is 17.5 Å². The van der Waals surface area contributed by atoms with Crippen molar-refractivity contribution in [1.82, 2.24) is 0 Å². The molecule has 1 saturated heterocycles. The number of Topliss-reactive ketones (excluding diaryl/α,β-unsaturated/α-hetero) is 1. The number of methoxy groups -OCH3 is 2. The molecule has 1 N–H and O–H groups in total. The van der Waals surface area contributed by atoms with Crippen LogP contribution in [0.15, 0.2) is 66.2 Å². The summed E-state index contributed by atoms with van der Waals surface area (Å²) in [6, 6.07) is 17.0. The lowest BCUT2D eigenvalue weighted by atomic mass is 9.94. The molecule has 7 heteroatoms. The van der Waals surface area contributed by atoms with Crippen molar-refractivity contribution >= 4 is 34.7 Å². The van der Waals surface area contributed by atoms with Crippen molar-refractivity contribution in [2.24, 2.45) is 0 Å². The Hall–Kier alpha value is -3.77. The third kappa shape index (κ3) is 4.37. The van der Waals surface area contributed by atoms with Gasteiger partial charge in [-0.2, -0.15) is 0 Å². The highest BCUT2D eigenvalue weighted by molar-refractivity contribution is 6.51. The molecule has 35 heavy (non-hydrogen) atoms. The summed E-state index contributed by atoms with van der Waals surface area (Å²) in [4.78, 5) is 28.2. The Morgan fingerprint density at radius 2 is 1.66 bits per heavy atom. The van der Waals surface area contributed by atoms with Gasteiger partial charge in [0.15, 0.2) is 0 Å². The lowest BCUT2D eigenvalue weighted by Crippen LogP contribution is -2.29. The molecule has 1 amide bonds. The van der Waals surface area contributed by atoms with Crippen LogP contribution >= 0.6 is 11.6 Å². The largest absolute Gasteiger partial charge is 0.507 e. The van der Waals surface area contributed by atoms with Crippen LogP contribution in [0.2, 0.25) is 5.02 Å². The lowest BCUT2D eigenvalue weighted by molar-refractivity contribution is -0.132.